The minimum atomic E-state index is -1.13. The van der Waals surface area contributed by atoms with Crippen molar-refractivity contribution in [3.8, 4) is 5.75 Å². The topological polar surface area (TPSA) is 131 Å². The smallest absolute Gasteiger partial charge is 0.326 e. The van der Waals surface area contributed by atoms with Gasteiger partial charge in [0.15, 0.2) is 0 Å². The molecular formula is C28H38ClN3O5. The summed E-state index contributed by atoms with van der Waals surface area (Å²) in [6, 6.07) is 11.5. The summed E-state index contributed by atoms with van der Waals surface area (Å²) in [6.45, 7) is 7.95. The van der Waals surface area contributed by atoms with Crippen LogP contribution in [0.25, 0.3) is 0 Å². The summed E-state index contributed by atoms with van der Waals surface area (Å²) in [4.78, 5) is 38.4. The van der Waals surface area contributed by atoms with Crippen LogP contribution in [0.2, 0.25) is 5.02 Å². The minimum Gasteiger partial charge on any atom is -0.491 e. The Morgan fingerprint density at radius 3 is 2.32 bits per heavy atom. The number of nitrogens with one attached hydrogen (secondary N) is 2. The van der Waals surface area contributed by atoms with Gasteiger partial charge < -0.3 is 26.2 Å². The summed E-state index contributed by atoms with van der Waals surface area (Å²) in [7, 11) is 0. The third kappa shape index (κ3) is 9.70. The molecule has 0 saturated carbocycles. The molecule has 0 spiro atoms. The Balaban J connectivity index is 2.28. The molecule has 37 heavy (non-hydrogen) atoms. The molecule has 0 aliphatic carbocycles. The van der Waals surface area contributed by atoms with E-state index < -0.39 is 29.9 Å². The lowest BCUT2D eigenvalue weighted by Crippen LogP contribution is -2.54. The Kier molecular flexibility index (Phi) is 11.9. The number of aliphatic carboxylic acids is 1. The van der Waals surface area contributed by atoms with Gasteiger partial charge in [-0.3, -0.25) is 9.59 Å². The van der Waals surface area contributed by atoms with E-state index >= 15 is 0 Å². The van der Waals surface area contributed by atoms with E-state index in [1.54, 1.807) is 19.1 Å². The molecule has 8 nitrogen and oxygen atoms in total. The second kappa shape index (κ2) is 14.6. The van der Waals surface area contributed by atoms with E-state index in [0.717, 1.165) is 12.0 Å². The number of rotatable bonds is 14. The SMILES string of the molecule is CC[C@H](C)[C@H](NC(=O)[C@H](Cc1ccccc1)NC(=O)c1cc(Cl)ccc1OC[C@H](N)CC(C)C)C(=O)O. The van der Waals surface area contributed by atoms with Crippen molar-refractivity contribution in [2.75, 3.05) is 6.61 Å². The van der Waals surface area contributed by atoms with Crippen molar-refractivity contribution in [1.29, 1.82) is 0 Å². The highest BCUT2D eigenvalue weighted by atomic mass is 35.5. The van der Waals surface area contributed by atoms with Crippen molar-refractivity contribution in [1.82, 2.24) is 10.6 Å². The van der Waals surface area contributed by atoms with Gasteiger partial charge in [-0.1, -0.05) is 76.0 Å². The Bertz CT molecular complexity index is 1050. The lowest BCUT2D eigenvalue weighted by Gasteiger charge is -2.25. The predicted molar refractivity (Wildman–Crippen MR) is 145 cm³/mol. The lowest BCUT2D eigenvalue weighted by molar-refractivity contribution is -0.143. The number of hydrogen-bond donors (Lipinski definition) is 4. The zero-order valence-electron chi connectivity index (χ0n) is 21.9. The Morgan fingerprint density at radius 1 is 1.05 bits per heavy atom. The van der Waals surface area contributed by atoms with Crippen molar-refractivity contribution < 1.29 is 24.2 Å². The molecule has 0 radical (unpaired) electrons. The number of carbonyl (C=O) groups is 3. The number of halogens is 1. The number of carbonyl (C=O) groups excluding carboxylic acids is 2. The van der Waals surface area contributed by atoms with Crippen molar-refractivity contribution in [2.45, 2.75) is 65.1 Å². The van der Waals surface area contributed by atoms with Gasteiger partial charge in [-0.15, -0.1) is 0 Å². The van der Waals surface area contributed by atoms with E-state index in [0.29, 0.717) is 23.1 Å². The average Bonchev–Trinajstić information content (AvgIpc) is 2.85. The normalized spacial score (nSPS) is 14.4. The summed E-state index contributed by atoms with van der Waals surface area (Å²) in [6.07, 6.45) is 1.49. The number of ether oxygens (including phenoxy) is 1. The molecular weight excluding hydrogens is 494 g/mol. The second-order valence-corrected chi connectivity index (χ2v) is 10.2. The molecule has 4 atom stereocenters. The van der Waals surface area contributed by atoms with Gasteiger partial charge in [0.05, 0.1) is 5.56 Å². The van der Waals surface area contributed by atoms with E-state index in [4.69, 9.17) is 22.1 Å². The molecule has 2 rings (SSSR count). The van der Waals surface area contributed by atoms with Gasteiger partial charge >= 0.3 is 5.97 Å². The zero-order valence-corrected chi connectivity index (χ0v) is 22.6. The maximum atomic E-state index is 13.4. The van der Waals surface area contributed by atoms with Crippen LogP contribution in [-0.4, -0.2) is 47.6 Å². The molecule has 9 heteroatoms. The summed E-state index contributed by atoms with van der Waals surface area (Å²) >= 11 is 6.17. The lowest BCUT2D eigenvalue weighted by atomic mass is 9.98. The Hall–Kier alpha value is -3.10. The molecule has 0 saturated heterocycles. The zero-order chi connectivity index (χ0) is 27.5. The Morgan fingerprint density at radius 2 is 1.73 bits per heavy atom. The largest absolute Gasteiger partial charge is 0.491 e. The molecule has 0 aromatic heterocycles. The van der Waals surface area contributed by atoms with Crippen molar-refractivity contribution in [3.63, 3.8) is 0 Å². The molecule has 0 bridgehead atoms. The van der Waals surface area contributed by atoms with Crippen LogP contribution in [-0.2, 0) is 16.0 Å². The maximum absolute atomic E-state index is 13.4. The summed E-state index contributed by atoms with van der Waals surface area (Å²) in [5, 5.41) is 15.3. The highest BCUT2D eigenvalue weighted by molar-refractivity contribution is 6.31. The molecule has 5 N–H and O–H groups in total. The van der Waals surface area contributed by atoms with Gasteiger partial charge in [0, 0.05) is 17.5 Å². The standard InChI is InChI=1S/C28H38ClN3O5/c1-5-18(4)25(28(35)36)32-27(34)23(14-19-9-7-6-8-10-19)31-26(33)22-15-20(29)11-12-24(22)37-16-21(30)13-17(2)3/h6-12,15,17-18,21,23,25H,5,13-14,16,30H2,1-4H3,(H,31,33)(H,32,34)(H,35,36)/t18-,21+,23-,25-/m0/s1. The monoisotopic (exact) mass is 531 g/mol. The molecule has 0 aliphatic heterocycles. The van der Waals surface area contributed by atoms with Gasteiger partial charge in [-0.25, -0.2) is 4.79 Å². The fraction of sp³-hybridized carbons (Fsp3) is 0.464. The molecule has 0 heterocycles. The number of hydrogen-bond acceptors (Lipinski definition) is 5. The van der Waals surface area contributed by atoms with Crippen molar-refractivity contribution in [2.24, 2.45) is 17.6 Å². The Labute approximate surface area is 223 Å². The van der Waals surface area contributed by atoms with Crippen LogP contribution in [0.15, 0.2) is 48.5 Å². The van der Waals surface area contributed by atoms with E-state index in [2.05, 4.69) is 24.5 Å². The fourth-order valence-electron chi connectivity index (χ4n) is 3.91. The van der Waals surface area contributed by atoms with Crippen LogP contribution >= 0.6 is 11.6 Å². The van der Waals surface area contributed by atoms with Crippen molar-refractivity contribution in [3.05, 3.63) is 64.7 Å². The van der Waals surface area contributed by atoms with Gasteiger partial charge in [0.2, 0.25) is 5.91 Å². The van der Waals surface area contributed by atoms with Crippen LogP contribution in [0.5, 0.6) is 5.75 Å². The number of nitrogens with two attached hydrogens (primary N) is 1. The second-order valence-electron chi connectivity index (χ2n) is 9.77. The number of amides is 2. The number of benzene rings is 2. The summed E-state index contributed by atoms with van der Waals surface area (Å²) in [5.74, 6) is -1.89. The minimum absolute atomic E-state index is 0.159. The molecule has 0 fully saturated rings. The molecule has 2 amide bonds. The number of carboxylic acid groups (broad SMARTS) is 1. The third-order valence-electron chi connectivity index (χ3n) is 6.09. The van der Waals surface area contributed by atoms with Gasteiger partial charge in [-0.05, 0) is 42.0 Å². The molecule has 202 valence electrons. The van der Waals surface area contributed by atoms with E-state index in [1.165, 1.54) is 6.07 Å². The van der Waals surface area contributed by atoms with Gasteiger partial charge in [0.1, 0.15) is 24.4 Å². The average molecular weight is 532 g/mol. The highest BCUT2D eigenvalue weighted by Gasteiger charge is 2.30. The van der Waals surface area contributed by atoms with E-state index in [9.17, 15) is 19.5 Å². The first kappa shape index (κ1) is 30.1. The van der Waals surface area contributed by atoms with Crippen LogP contribution in [0.3, 0.4) is 0 Å². The van der Waals surface area contributed by atoms with Gasteiger partial charge in [0.25, 0.3) is 5.91 Å². The summed E-state index contributed by atoms with van der Waals surface area (Å²) in [5.41, 5.74) is 7.10. The molecule has 2 aromatic carbocycles. The first-order valence-electron chi connectivity index (χ1n) is 12.6. The summed E-state index contributed by atoms with van der Waals surface area (Å²) < 4.78 is 5.86. The van der Waals surface area contributed by atoms with Crippen LogP contribution < -0.4 is 21.1 Å². The quantitative estimate of drug-likeness (QED) is 0.291. The van der Waals surface area contributed by atoms with E-state index in [-0.39, 0.29) is 30.6 Å². The van der Waals surface area contributed by atoms with Crippen LogP contribution in [0.1, 0.15) is 56.5 Å². The van der Waals surface area contributed by atoms with Gasteiger partial charge in [-0.2, -0.15) is 0 Å². The predicted octanol–water partition coefficient (Wildman–Crippen LogP) is 4.05. The molecule has 2 aromatic rings. The van der Waals surface area contributed by atoms with Crippen molar-refractivity contribution >= 4 is 29.4 Å². The molecule has 0 aliphatic rings. The first-order valence-corrected chi connectivity index (χ1v) is 12.9. The fourth-order valence-corrected chi connectivity index (χ4v) is 4.08. The van der Waals surface area contributed by atoms with Crippen LogP contribution in [0, 0.1) is 11.8 Å². The first-order chi connectivity index (χ1) is 17.5. The third-order valence-corrected chi connectivity index (χ3v) is 6.33. The molecule has 0 unspecified atom stereocenters. The van der Waals surface area contributed by atoms with E-state index in [1.807, 2.05) is 37.3 Å². The number of carboxylic acids is 1. The van der Waals surface area contributed by atoms with Crippen LogP contribution in [0.4, 0.5) is 0 Å². The maximum Gasteiger partial charge on any atom is 0.326 e. The highest BCUT2D eigenvalue weighted by Crippen LogP contribution is 2.24.